The summed E-state index contributed by atoms with van der Waals surface area (Å²) in [7, 11) is 1.54. The average molecular weight is 403 g/mol. The highest BCUT2D eigenvalue weighted by atomic mass is 35.5. The lowest BCUT2D eigenvalue weighted by Crippen LogP contribution is -2.36. The second-order valence-corrected chi connectivity index (χ2v) is 7.21. The summed E-state index contributed by atoms with van der Waals surface area (Å²) < 4.78 is 10.9. The van der Waals surface area contributed by atoms with Gasteiger partial charge in [0.1, 0.15) is 0 Å². The second kappa shape index (κ2) is 9.80. The smallest absolute Gasteiger partial charge is 0.251 e. The van der Waals surface area contributed by atoms with Crippen LogP contribution in [0.4, 0.5) is 0 Å². The van der Waals surface area contributed by atoms with Crippen LogP contribution in [-0.4, -0.2) is 44.2 Å². The number of likely N-dealkylation sites (tertiary alicyclic amines) is 1. The van der Waals surface area contributed by atoms with Gasteiger partial charge in [-0.2, -0.15) is 0 Å². The number of methoxy groups -OCH3 is 1. The van der Waals surface area contributed by atoms with E-state index < -0.39 is 0 Å². The molecule has 5 nitrogen and oxygen atoms in total. The fourth-order valence-corrected chi connectivity index (χ4v) is 3.88. The van der Waals surface area contributed by atoms with Gasteiger partial charge >= 0.3 is 0 Å². The molecule has 0 aromatic heterocycles. The first-order valence-electron chi connectivity index (χ1n) is 9.71. The summed E-state index contributed by atoms with van der Waals surface area (Å²) in [6.45, 7) is 4.99. The Morgan fingerprint density at radius 3 is 2.57 bits per heavy atom. The lowest BCUT2D eigenvalue weighted by Gasteiger charge is -2.28. The van der Waals surface area contributed by atoms with E-state index in [1.54, 1.807) is 12.1 Å². The molecule has 1 unspecified atom stereocenters. The van der Waals surface area contributed by atoms with Gasteiger partial charge in [-0.15, -0.1) is 0 Å². The normalized spacial score (nSPS) is 15.2. The molecule has 0 aliphatic carbocycles. The number of hydrogen-bond acceptors (Lipinski definition) is 4. The van der Waals surface area contributed by atoms with E-state index >= 15 is 0 Å². The first-order valence-corrected chi connectivity index (χ1v) is 10.1. The van der Waals surface area contributed by atoms with Crippen LogP contribution in [0.5, 0.6) is 11.5 Å². The Labute approximate surface area is 171 Å². The first-order chi connectivity index (χ1) is 13.6. The minimum atomic E-state index is -0.177. The van der Waals surface area contributed by atoms with Crippen molar-refractivity contribution in [2.45, 2.75) is 25.8 Å². The van der Waals surface area contributed by atoms with Crippen molar-refractivity contribution in [3.8, 4) is 11.5 Å². The molecule has 2 aromatic rings. The molecule has 28 heavy (non-hydrogen) atoms. The Kier molecular flexibility index (Phi) is 7.18. The van der Waals surface area contributed by atoms with E-state index in [4.69, 9.17) is 21.1 Å². The number of ether oxygens (including phenoxy) is 2. The predicted molar refractivity (Wildman–Crippen MR) is 111 cm³/mol. The van der Waals surface area contributed by atoms with Crippen molar-refractivity contribution in [2.24, 2.45) is 0 Å². The minimum absolute atomic E-state index is 0.160. The number of hydrogen-bond donors (Lipinski definition) is 1. The summed E-state index contributed by atoms with van der Waals surface area (Å²) in [5, 5.41) is 3.44. The summed E-state index contributed by atoms with van der Waals surface area (Å²) in [5.74, 6) is 0.740. The van der Waals surface area contributed by atoms with E-state index in [1.165, 1.54) is 25.5 Å². The number of nitrogens with one attached hydrogen (secondary N) is 1. The van der Waals surface area contributed by atoms with E-state index in [1.807, 2.05) is 25.1 Å². The van der Waals surface area contributed by atoms with Gasteiger partial charge < -0.3 is 14.8 Å². The molecule has 1 aliphatic rings. The number of rotatable bonds is 8. The van der Waals surface area contributed by atoms with Gasteiger partial charge in [0.15, 0.2) is 11.5 Å². The molecular formula is C22H27ClN2O3. The third-order valence-electron chi connectivity index (χ3n) is 5.00. The molecule has 0 saturated carbocycles. The van der Waals surface area contributed by atoms with E-state index in [9.17, 15) is 4.79 Å². The molecule has 3 rings (SSSR count). The highest BCUT2D eigenvalue weighted by molar-refractivity contribution is 6.32. The van der Waals surface area contributed by atoms with Crippen molar-refractivity contribution < 1.29 is 14.3 Å². The number of nitrogens with zero attached hydrogens (tertiary/aromatic N) is 1. The summed E-state index contributed by atoms with van der Waals surface area (Å²) in [4.78, 5) is 15.2. The lowest BCUT2D eigenvalue weighted by molar-refractivity contribution is 0.0937. The third kappa shape index (κ3) is 4.78. The molecule has 1 atom stereocenters. The quantitative estimate of drug-likeness (QED) is 0.714. The van der Waals surface area contributed by atoms with Gasteiger partial charge in [-0.25, -0.2) is 0 Å². The van der Waals surface area contributed by atoms with E-state index in [0.29, 0.717) is 35.2 Å². The van der Waals surface area contributed by atoms with E-state index in [2.05, 4.69) is 22.3 Å². The predicted octanol–water partition coefficient (Wildman–Crippen LogP) is 4.31. The van der Waals surface area contributed by atoms with Gasteiger partial charge in [-0.05, 0) is 50.6 Å². The molecular weight excluding hydrogens is 376 g/mol. The number of halogens is 1. The number of carbonyl (C=O) groups is 1. The van der Waals surface area contributed by atoms with Crippen LogP contribution in [0.25, 0.3) is 0 Å². The number of carbonyl (C=O) groups excluding carboxylic acids is 1. The monoisotopic (exact) mass is 402 g/mol. The highest BCUT2D eigenvalue weighted by Gasteiger charge is 2.24. The molecule has 1 heterocycles. The SMILES string of the molecule is CCOc1c(Cl)cc(C(=O)NCC(c2ccccc2)N2CCCC2)cc1OC. The van der Waals surface area contributed by atoms with Crippen molar-refractivity contribution in [3.05, 3.63) is 58.6 Å². The Morgan fingerprint density at radius 2 is 1.93 bits per heavy atom. The van der Waals surface area contributed by atoms with Gasteiger partial charge in [-0.1, -0.05) is 41.9 Å². The van der Waals surface area contributed by atoms with Crippen LogP contribution < -0.4 is 14.8 Å². The minimum Gasteiger partial charge on any atom is -0.493 e. The zero-order valence-electron chi connectivity index (χ0n) is 16.4. The van der Waals surface area contributed by atoms with Crippen molar-refractivity contribution >= 4 is 17.5 Å². The standard InChI is InChI=1S/C22H27ClN2O3/c1-3-28-21-18(23)13-17(14-20(21)27-2)22(26)24-15-19(25-11-7-8-12-25)16-9-5-4-6-10-16/h4-6,9-10,13-14,19H,3,7-8,11-12,15H2,1-2H3,(H,24,26). The molecule has 6 heteroatoms. The number of amides is 1. The van der Waals surface area contributed by atoms with Crippen LogP contribution in [0.3, 0.4) is 0 Å². The molecule has 0 bridgehead atoms. The molecule has 1 saturated heterocycles. The Hall–Kier alpha value is -2.24. The summed E-state index contributed by atoms with van der Waals surface area (Å²) in [5.41, 5.74) is 1.67. The molecule has 150 valence electrons. The first kappa shape index (κ1) is 20.5. The van der Waals surface area contributed by atoms with Crippen molar-refractivity contribution in [1.29, 1.82) is 0 Å². The molecule has 1 amide bonds. The largest absolute Gasteiger partial charge is 0.493 e. The lowest BCUT2D eigenvalue weighted by atomic mass is 10.1. The zero-order chi connectivity index (χ0) is 19.9. The highest BCUT2D eigenvalue weighted by Crippen LogP contribution is 2.36. The van der Waals surface area contributed by atoms with Crippen molar-refractivity contribution in [1.82, 2.24) is 10.2 Å². The Bertz CT molecular complexity index is 792. The van der Waals surface area contributed by atoms with Crippen LogP contribution in [-0.2, 0) is 0 Å². The molecule has 2 aromatic carbocycles. The summed E-state index contributed by atoms with van der Waals surface area (Å²) in [6, 6.07) is 13.8. The zero-order valence-corrected chi connectivity index (χ0v) is 17.2. The maximum Gasteiger partial charge on any atom is 0.251 e. The molecule has 0 spiro atoms. The summed E-state index contributed by atoms with van der Waals surface area (Å²) in [6.07, 6.45) is 2.39. The van der Waals surface area contributed by atoms with Gasteiger partial charge in [0.05, 0.1) is 24.8 Å². The van der Waals surface area contributed by atoms with Gasteiger partial charge in [0, 0.05) is 12.1 Å². The van der Waals surface area contributed by atoms with Crippen LogP contribution >= 0.6 is 11.6 Å². The van der Waals surface area contributed by atoms with Crippen LogP contribution in [0.15, 0.2) is 42.5 Å². The van der Waals surface area contributed by atoms with Gasteiger partial charge in [0.2, 0.25) is 0 Å². The maximum absolute atomic E-state index is 12.8. The molecule has 1 aliphatic heterocycles. The average Bonchev–Trinajstić information content (AvgIpc) is 3.24. The van der Waals surface area contributed by atoms with Crippen LogP contribution in [0.2, 0.25) is 5.02 Å². The van der Waals surface area contributed by atoms with Gasteiger partial charge in [-0.3, -0.25) is 9.69 Å². The summed E-state index contributed by atoms with van der Waals surface area (Å²) >= 11 is 6.31. The second-order valence-electron chi connectivity index (χ2n) is 6.80. The molecule has 1 fully saturated rings. The topological polar surface area (TPSA) is 50.8 Å². The van der Waals surface area contributed by atoms with Crippen molar-refractivity contribution in [3.63, 3.8) is 0 Å². The fourth-order valence-electron chi connectivity index (χ4n) is 3.61. The van der Waals surface area contributed by atoms with E-state index in [-0.39, 0.29) is 11.9 Å². The Balaban J connectivity index is 1.75. The third-order valence-corrected chi connectivity index (χ3v) is 5.28. The number of benzene rings is 2. The fraction of sp³-hybridized carbons (Fsp3) is 0.409. The van der Waals surface area contributed by atoms with Gasteiger partial charge in [0.25, 0.3) is 5.91 Å². The van der Waals surface area contributed by atoms with Crippen LogP contribution in [0.1, 0.15) is 41.7 Å². The van der Waals surface area contributed by atoms with E-state index in [0.717, 1.165) is 13.1 Å². The Morgan fingerprint density at radius 1 is 1.21 bits per heavy atom. The molecule has 1 N–H and O–H groups in total. The molecule has 0 radical (unpaired) electrons. The maximum atomic E-state index is 12.8. The van der Waals surface area contributed by atoms with Crippen LogP contribution in [0, 0.1) is 0 Å². The van der Waals surface area contributed by atoms with Crippen molar-refractivity contribution in [2.75, 3.05) is 33.4 Å².